The van der Waals surface area contributed by atoms with E-state index in [1.807, 2.05) is 19.2 Å². The maximum Gasteiger partial charge on any atom is 0.118 e. The van der Waals surface area contributed by atoms with Crippen LogP contribution in [0.25, 0.3) is 0 Å². The number of rotatable bonds is 8. The van der Waals surface area contributed by atoms with Crippen LogP contribution in [0.15, 0.2) is 22.7 Å². The van der Waals surface area contributed by atoms with E-state index in [-0.39, 0.29) is 6.61 Å². The molecule has 1 aliphatic heterocycles. The molecule has 1 N–H and O–H groups in total. The first-order chi connectivity index (χ1) is 12.6. The first kappa shape index (κ1) is 19.1. The van der Waals surface area contributed by atoms with Crippen LogP contribution < -0.4 is 0 Å². The van der Waals surface area contributed by atoms with Crippen LogP contribution in [-0.2, 0) is 19.6 Å². The summed E-state index contributed by atoms with van der Waals surface area (Å²) < 4.78 is 7.86. The summed E-state index contributed by atoms with van der Waals surface area (Å²) >= 11 is 0. The highest BCUT2D eigenvalue weighted by molar-refractivity contribution is 5.16. The van der Waals surface area contributed by atoms with Crippen LogP contribution in [0.2, 0.25) is 0 Å². The molecular weight excluding hydrogens is 328 g/mol. The van der Waals surface area contributed by atoms with Crippen LogP contribution in [0.1, 0.15) is 42.5 Å². The van der Waals surface area contributed by atoms with Gasteiger partial charge in [-0.05, 0) is 38.8 Å². The third-order valence-electron chi connectivity index (χ3n) is 5.34. The Morgan fingerprint density at radius 1 is 1.23 bits per heavy atom. The lowest BCUT2D eigenvalue weighted by atomic mass is 10.1. The van der Waals surface area contributed by atoms with Gasteiger partial charge in [-0.3, -0.25) is 14.5 Å². The number of aromatic nitrogens is 2. The molecule has 0 radical (unpaired) electrons. The minimum absolute atomic E-state index is 0.222. The van der Waals surface area contributed by atoms with E-state index in [1.165, 1.54) is 11.3 Å². The summed E-state index contributed by atoms with van der Waals surface area (Å²) in [5.41, 5.74) is 2.59. The summed E-state index contributed by atoms with van der Waals surface area (Å²) in [6, 6.07) is 4.43. The van der Waals surface area contributed by atoms with E-state index in [9.17, 15) is 5.11 Å². The fourth-order valence-corrected chi connectivity index (χ4v) is 3.82. The highest BCUT2D eigenvalue weighted by Gasteiger charge is 2.27. The highest BCUT2D eigenvalue weighted by Crippen LogP contribution is 2.20. The van der Waals surface area contributed by atoms with E-state index in [4.69, 9.17) is 4.42 Å². The fraction of sp³-hybridized carbons (Fsp3) is 0.650. The van der Waals surface area contributed by atoms with Crippen molar-refractivity contribution in [1.29, 1.82) is 0 Å². The van der Waals surface area contributed by atoms with Gasteiger partial charge in [0.1, 0.15) is 11.5 Å². The number of hydrogen-bond donors (Lipinski definition) is 1. The second-order valence-corrected chi connectivity index (χ2v) is 7.36. The van der Waals surface area contributed by atoms with Crippen molar-refractivity contribution < 1.29 is 9.52 Å². The summed E-state index contributed by atoms with van der Waals surface area (Å²) in [5.74, 6) is 1.97. The van der Waals surface area contributed by atoms with E-state index in [1.54, 1.807) is 0 Å². The number of aliphatic hydroxyl groups excluding tert-OH is 1. The number of hydrogen-bond acceptors (Lipinski definition) is 5. The molecule has 0 bridgehead atoms. The zero-order valence-corrected chi connectivity index (χ0v) is 16.3. The molecule has 6 nitrogen and oxygen atoms in total. The van der Waals surface area contributed by atoms with Crippen molar-refractivity contribution >= 4 is 0 Å². The van der Waals surface area contributed by atoms with Crippen molar-refractivity contribution in [1.82, 2.24) is 19.6 Å². The lowest BCUT2D eigenvalue weighted by Gasteiger charge is -2.41. The van der Waals surface area contributed by atoms with E-state index < -0.39 is 0 Å². The Bertz CT molecular complexity index is 694. The van der Waals surface area contributed by atoms with Gasteiger partial charge < -0.3 is 9.52 Å². The molecule has 0 aromatic carbocycles. The zero-order valence-electron chi connectivity index (χ0n) is 16.3. The SMILES string of the molecule is CCCn1ncc(CN2CCN(Cc3ccc(C)o3)[C@H](CCO)C2)c1C. The quantitative estimate of drug-likeness (QED) is 0.784. The highest BCUT2D eigenvalue weighted by atomic mass is 16.3. The molecule has 1 saturated heterocycles. The second kappa shape index (κ2) is 8.84. The van der Waals surface area contributed by atoms with Crippen molar-refractivity contribution in [3.05, 3.63) is 41.1 Å². The molecule has 3 heterocycles. The van der Waals surface area contributed by atoms with E-state index >= 15 is 0 Å². The number of piperazine rings is 1. The van der Waals surface area contributed by atoms with Crippen molar-refractivity contribution in [3.63, 3.8) is 0 Å². The molecule has 1 aliphatic rings. The summed E-state index contributed by atoms with van der Waals surface area (Å²) in [6.45, 7) is 12.3. The van der Waals surface area contributed by atoms with Crippen LogP contribution in [0.3, 0.4) is 0 Å². The first-order valence-corrected chi connectivity index (χ1v) is 9.74. The molecule has 3 rings (SSSR count). The Morgan fingerprint density at radius 2 is 2.08 bits per heavy atom. The summed E-state index contributed by atoms with van der Waals surface area (Å²) in [4.78, 5) is 4.93. The maximum absolute atomic E-state index is 9.51. The molecule has 2 aromatic heterocycles. The number of aryl methyl sites for hydroxylation is 2. The van der Waals surface area contributed by atoms with E-state index in [2.05, 4.69) is 39.5 Å². The standard InChI is InChI=1S/C20H32N4O2/c1-4-8-24-17(3)18(12-21-24)13-22-9-10-23(19(14-22)7-11-25)15-20-6-5-16(2)26-20/h5-6,12,19,25H,4,7-11,13-15H2,1-3H3/t19-/m1/s1. The van der Waals surface area contributed by atoms with Crippen LogP contribution in [0.5, 0.6) is 0 Å². The van der Waals surface area contributed by atoms with Gasteiger partial charge in [-0.15, -0.1) is 0 Å². The van der Waals surface area contributed by atoms with Crippen LogP contribution in [0, 0.1) is 13.8 Å². The lowest BCUT2D eigenvalue weighted by Crippen LogP contribution is -2.52. The molecule has 1 atom stereocenters. The van der Waals surface area contributed by atoms with Gasteiger partial charge in [0.05, 0.1) is 12.7 Å². The summed E-state index contributed by atoms with van der Waals surface area (Å²) in [7, 11) is 0. The smallest absolute Gasteiger partial charge is 0.118 e. The number of furan rings is 1. The first-order valence-electron chi connectivity index (χ1n) is 9.74. The molecule has 6 heteroatoms. The Morgan fingerprint density at radius 3 is 2.77 bits per heavy atom. The van der Waals surface area contributed by atoms with Gasteiger partial charge in [-0.2, -0.15) is 5.10 Å². The molecule has 144 valence electrons. The van der Waals surface area contributed by atoms with Gasteiger partial charge in [-0.25, -0.2) is 0 Å². The zero-order chi connectivity index (χ0) is 18.5. The molecule has 0 unspecified atom stereocenters. The van der Waals surface area contributed by atoms with Gasteiger partial charge in [0, 0.05) is 56.6 Å². The molecule has 2 aromatic rings. The number of nitrogens with zero attached hydrogens (tertiary/aromatic N) is 4. The third-order valence-corrected chi connectivity index (χ3v) is 5.34. The third kappa shape index (κ3) is 4.55. The normalized spacial score (nSPS) is 19.3. The maximum atomic E-state index is 9.51. The largest absolute Gasteiger partial charge is 0.465 e. The van der Waals surface area contributed by atoms with Crippen molar-refractivity contribution in [2.75, 3.05) is 26.2 Å². The van der Waals surface area contributed by atoms with Crippen LogP contribution >= 0.6 is 0 Å². The van der Waals surface area contributed by atoms with Crippen molar-refractivity contribution in [2.24, 2.45) is 0 Å². The Balaban J connectivity index is 1.61. The minimum atomic E-state index is 0.222. The lowest BCUT2D eigenvalue weighted by molar-refractivity contribution is 0.0453. The fourth-order valence-electron chi connectivity index (χ4n) is 3.82. The molecule has 1 fully saturated rings. The molecule has 26 heavy (non-hydrogen) atoms. The molecule has 0 amide bonds. The van der Waals surface area contributed by atoms with Crippen molar-refractivity contribution in [2.45, 2.75) is 59.3 Å². The van der Waals surface area contributed by atoms with Gasteiger partial charge in [0.15, 0.2) is 0 Å². The monoisotopic (exact) mass is 360 g/mol. The topological polar surface area (TPSA) is 57.7 Å². The summed E-state index contributed by atoms with van der Waals surface area (Å²) in [5, 5.41) is 14.0. The Labute approximate surface area is 156 Å². The van der Waals surface area contributed by atoms with Crippen LogP contribution in [-0.4, -0.2) is 57.0 Å². The van der Waals surface area contributed by atoms with Gasteiger partial charge >= 0.3 is 0 Å². The van der Waals surface area contributed by atoms with Gasteiger partial charge in [0.2, 0.25) is 0 Å². The average Bonchev–Trinajstić information content (AvgIpc) is 3.18. The minimum Gasteiger partial charge on any atom is -0.465 e. The van der Waals surface area contributed by atoms with E-state index in [0.717, 1.165) is 63.6 Å². The molecule has 0 spiro atoms. The Kier molecular flexibility index (Phi) is 6.51. The molecule has 0 aliphatic carbocycles. The van der Waals surface area contributed by atoms with E-state index in [0.29, 0.717) is 6.04 Å². The predicted molar refractivity (Wildman–Crippen MR) is 102 cm³/mol. The average molecular weight is 361 g/mol. The number of aliphatic hydroxyl groups is 1. The molecular formula is C20H32N4O2. The summed E-state index contributed by atoms with van der Waals surface area (Å²) in [6.07, 6.45) is 3.92. The molecule has 0 saturated carbocycles. The second-order valence-electron chi connectivity index (χ2n) is 7.36. The van der Waals surface area contributed by atoms with Crippen molar-refractivity contribution in [3.8, 4) is 0 Å². The van der Waals surface area contributed by atoms with Crippen LogP contribution in [0.4, 0.5) is 0 Å². The predicted octanol–water partition coefficient (Wildman–Crippen LogP) is 2.57. The van der Waals surface area contributed by atoms with Gasteiger partial charge in [0.25, 0.3) is 0 Å². The van der Waals surface area contributed by atoms with Gasteiger partial charge in [-0.1, -0.05) is 6.92 Å². The Hall–Kier alpha value is -1.63.